The van der Waals surface area contributed by atoms with E-state index in [0.29, 0.717) is 0 Å². The summed E-state index contributed by atoms with van der Waals surface area (Å²) in [6.45, 7) is 1.83. The second-order valence-corrected chi connectivity index (χ2v) is 6.88. The Hall–Kier alpha value is 0.0900. The molecule has 0 spiro atoms. The highest BCUT2D eigenvalue weighted by Gasteiger charge is 2.22. The Balaban J connectivity index is 2.11. The molecule has 1 saturated heterocycles. The molecule has 2 N–H and O–H groups in total. The minimum atomic E-state index is 0.0974. The third kappa shape index (κ3) is 3.56. The lowest BCUT2D eigenvalue weighted by molar-refractivity contribution is -0.120. The number of carbonyl (C=O) groups is 1. The molecule has 0 bridgehead atoms. The molecule has 0 aromatic heterocycles. The van der Waals surface area contributed by atoms with E-state index in [2.05, 4.69) is 58.4 Å². The monoisotopic (exact) mass is 438 g/mol. The zero-order valence-corrected chi connectivity index (χ0v) is 14.4. The summed E-state index contributed by atoms with van der Waals surface area (Å²) in [6.07, 6.45) is 1.80. The lowest BCUT2D eigenvalue weighted by Gasteiger charge is -2.22. The molecule has 1 aromatic carbocycles. The Morgan fingerprint density at radius 3 is 2.28 bits per heavy atom. The van der Waals surface area contributed by atoms with Gasteiger partial charge in [0.2, 0.25) is 5.91 Å². The van der Waals surface area contributed by atoms with Gasteiger partial charge in [0.15, 0.2) is 0 Å². The molecule has 0 aliphatic carbocycles. The maximum absolute atomic E-state index is 12.2. The van der Waals surface area contributed by atoms with Crippen molar-refractivity contribution in [3.8, 4) is 0 Å². The van der Waals surface area contributed by atoms with E-state index in [1.807, 2.05) is 12.1 Å². The normalized spacial score (nSPS) is 16.6. The van der Waals surface area contributed by atoms with Crippen LogP contribution in [-0.4, -0.2) is 19.0 Å². The lowest BCUT2D eigenvalue weighted by Crippen LogP contribution is -2.34. The zero-order chi connectivity index (χ0) is 13.1. The predicted molar refractivity (Wildman–Crippen MR) is 83.8 cm³/mol. The van der Waals surface area contributed by atoms with Crippen LogP contribution in [0.5, 0.6) is 0 Å². The molecule has 1 fully saturated rings. The first kappa shape index (κ1) is 14.5. The second kappa shape index (κ2) is 6.50. The molecule has 0 atom stereocenters. The number of piperidine rings is 1. The van der Waals surface area contributed by atoms with Crippen molar-refractivity contribution in [1.82, 2.24) is 5.32 Å². The minimum absolute atomic E-state index is 0.0974. The van der Waals surface area contributed by atoms with Crippen LogP contribution in [0.15, 0.2) is 25.6 Å². The summed E-state index contributed by atoms with van der Waals surface area (Å²) in [4.78, 5) is 12.2. The van der Waals surface area contributed by atoms with Crippen molar-refractivity contribution < 1.29 is 4.79 Å². The Labute approximate surface area is 131 Å². The summed E-state index contributed by atoms with van der Waals surface area (Å²) in [5, 5.41) is 6.25. The predicted octanol–water partition coefficient (Wildman–Crippen LogP) is 3.91. The highest BCUT2D eigenvalue weighted by Crippen LogP contribution is 2.34. The molecule has 1 aromatic rings. The first-order valence-electron chi connectivity index (χ1n) is 5.74. The van der Waals surface area contributed by atoms with Gasteiger partial charge < -0.3 is 10.6 Å². The van der Waals surface area contributed by atoms with E-state index < -0.39 is 0 Å². The van der Waals surface area contributed by atoms with Gasteiger partial charge in [0.25, 0.3) is 0 Å². The summed E-state index contributed by atoms with van der Waals surface area (Å²) in [6, 6.07) is 3.84. The molecule has 1 aliphatic heterocycles. The van der Waals surface area contributed by atoms with Crippen LogP contribution in [0.25, 0.3) is 0 Å². The van der Waals surface area contributed by atoms with Gasteiger partial charge in [-0.05, 0) is 69.9 Å². The molecule has 18 heavy (non-hydrogen) atoms. The lowest BCUT2D eigenvalue weighted by atomic mass is 9.97. The number of benzene rings is 1. The highest BCUT2D eigenvalue weighted by atomic mass is 79.9. The molecule has 1 heterocycles. The van der Waals surface area contributed by atoms with Crippen LogP contribution in [0.2, 0.25) is 0 Å². The number of hydrogen-bond donors (Lipinski definition) is 2. The second-order valence-electron chi connectivity index (χ2n) is 4.26. The van der Waals surface area contributed by atoms with Crippen LogP contribution in [0, 0.1) is 5.92 Å². The van der Waals surface area contributed by atoms with Gasteiger partial charge in [0.1, 0.15) is 0 Å². The quantitative estimate of drug-likeness (QED) is 0.732. The topological polar surface area (TPSA) is 41.1 Å². The number of nitrogens with one attached hydrogen (secondary N) is 2. The average Bonchev–Trinajstić information content (AvgIpc) is 2.34. The molecular formula is C12H13Br3N2O. The molecule has 3 nitrogen and oxygen atoms in total. The van der Waals surface area contributed by atoms with Crippen LogP contribution in [-0.2, 0) is 4.79 Å². The van der Waals surface area contributed by atoms with E-state index in [-0.39, 0.29) is 11.8 Å². The number of amides is 1. The van der Waals surface area contributed by atoms with Gasteiger partial charge in [-0.25, -0.2) is 0 Å². The average molecular weight is 441 g/mol. The van der Waals surface area contributed by atoms with Crippen molar-refractivity contribution >= 4 is 59.4 Å². The number of rotatable bonds is 2. The molecule has 0 saturated carbocycles. The van der Waals surface area contributed by atoms with E-state index in [1.54, 1.807) is 0 Å². The molecular weight excluding hydrogens is 428 g/mol. The first-order valence-corrected chi connectivity index (χ1v) is 8.12. The third-order valence-electron chi connectivity index (χ3n) is 2.97. The maximum Gasteiger partial charge on any atom is 0.227 e. The SMILES string of the molecule is O=C(Nc1c(Br)cc(Br)cc1Br)C1CCNCC1. The Kier molecular flexibility index (Phi) is 5.24. The number of hydrogen-bond acceptors (Lipinski definition) is 2. The summed E-state index contributed by atoms with van der Waals surface area (Å²) < 4.78 is 2.69. The molecule has 6 heteroatoms. The van der Waals surface area contributed by atoms with Crippen molar-refractivity contribution in [3.05, 3.63) is 25.6 Å². The molecule has 1 aliphatic rings. The molecule has 0 unspecified atom stereocenters. The molecule has 98 valence electrons. The number of halogens is 3. The van der Waals surface area contributed by atoms with Crippen LogP contribution in [0.1, 0.15) is 12.8 Å². The Morgan fingerprint density at radius 1 is 1.17 bits per heavy atom. The van der Waals surface area contributed by atoms with Crippen LogP contribution in [0.3, 0.4) is 0 Å². The zero-order valence-electron chi connectivity index (χ0n) is 9.60. The van der Waals surface area contributed by atoms with Crippen molar-refractivity contribution in [2.45, 2.75) is 12.8 Å². The minimum Gasteiger partial charge on any atom is -0.324 e. The summed E-state index contributed by atoms with van der Waals surface area (Å²) in [7, 11) is 0. The fourth-order valence-electron chi connectivity index (χ4n) is 1.97. The largest absolute Gasteiger partial charge is 0.324 e. The van der Waals surface area contributed by atoms with Gasteiger partial charge in [-0.3, -0.25) is 4.79 Å². The summed E-state index contributed by atoms with van der Waals surface area (Å²) in [5.41, 5.74) is 0.793. The van der Waals surface area contributed by atoms with Gasteiger partial charge >= 0.3 is 0 Å². The van der Waals surface area contributed by atoms with Crippen molar-refractivity contribution in [2.24, 2.45) is 5.92 Å². The third-order valence-corrected chi connectivity index (χ3v) is 4.67. The van der Waals surface area contributed by atoms with E-state index in [9.17, 15) is 4.79 Å². The van der Waals surface area contributed by atoms with Crippen LogP contribution < -0.4 is 10.6 Å². The molecule has 2 rings (SSSR count). The van der Waals surface area contributed by atoms with E-state index >= 15 is 0 Å². The first-order chi connectivity index (χ1) is 8.58. The van der Waals surface area contributed by atoms with E-state index in [4.69, 9.17) is 0 Å². The number of carbonyl (C=O) groups excluding carboxylic acids is 1. The van der Waals surface area contributed by atoms with Gasteiger partial charge in [-0.2, -0.15) is 0 Å². The fourth-order valence-corrected chi connectivity index (χ4v) is 4.43. The summed E-state index contributed by atoms with van der Waals surface area (Å²) >= 11 is 10.3. The summed E-state index contributed by atoms with van der Waals surface area (Å²) in [5.74, 6) is 0.203. The van der Waals surface area contributed by atoms with Gasteiger partial charge in [0, 0.05) is 19.3 Å². The van der Waals surface area contributed by atoms with Crippen molar-refractivity contribution in [2.75, 3.05) is 18.4 Å². The smallest absolute Gasteiger partial charge is 0.227 e. The Morgan fingerprint density at radius 2 is 1.72 bits per heavy atom. The number of anilines is 1. The van der Waals surface area contributed by atoms with Crippen molar-refractivity contribution in [1.29, 1.82) is 0 Å². The van der Waals surface area contributed by atoms with Gasteiger partial charge in [-0.15, -0.1) is 0 Å². The van der Waals surface area contributed by atoms with Gasteiger partial charge in [-0.1, -0.05) is 15.9 Å². The standard InChI is InChI=1S/C12H13Br3N2O/c13-8-5-9(14)11(10(15)6-8)17-12(18)7-1-3-16-4-2-7/h5-7,16H,1-4H2,(H,17,18). The van der Waals surface area contributed by atoms with Crippen LogP contribution in [0.4, 0.5) is 5.69 Å². The van der Waals surface area contributed by atoms with E-state index in [1.165, 1.54) is 0 Å². The fraction of sp³-hybridized carbons (Fsp3) is 0.417. The van der Waals surface area contributed by atoms with Crippen LogP contribution >= 0.6 is 47.8 Å². The van der Waals surface area contributed by atoms with Gasteiger partial charge in [0.05, 0.1) is 5.69 Å². The maximum atomic E-state index is 12.2. The highest BCUT2D eigenvalue weighted by molar-refractivity contribution is 9.11. The molecule has 1 amide bonds. The molecule has 0 radical (unpaired) electrons. The Bertz CT molecular complexity index is 436. The van der Waals surface area contributed by atoms with E-state index in [0.717, 1.165) is 45.0 Å². The van der Waals surface area contributed by atoms with Crippen molar-refractivity contribution in [3.63, 3.8) is 0 Å².